The van der Waals surface area contributed by atoms with Crippen LogP contribution in [0.4, 0.5) is 42.3 Å². The van der Waals surface area contributed by atoms with Crippen LogP contribution in [0.15, 0.2) is 109 Å². The Morgan fingerprint density at radius 2 is 0.945 bits per heavy atom. The van der Waals surface area contributed by atoms with Crippen molar-refractivity contribution in [2.75, 3.05) is 160 Å². The maximum atomic E-state index is 15.5. The van der Waals surface area contributed by atoms with E-state index in [1.165, 1.54) is 136 Å². The third-order valence-corrected chi connectivity index (χ3v) is 31.4. The first-order valence-electron chi connectivity index (χ1n) is 39.5. The number of benzene rings is 1. The highest BCUT2D eigenvalue weighted by Crippen LogP contribution is 2.56. The summed E-state index contributed by atoms with van der Waals surface area (Å²) in [6.07, 6.45) is -11.7. The van der Waals surface area contributed by atoms with Crippen molar-refractivity contribution in [3.63, 3.8) is 0 Å². The topological polar surface area (TPSA) is 621 Å². The molecule has 13 N–H and O–H groups in total. The lowest BCUT2D eigenvalue weighted by molar-refractivity contribution is -0.137. The number of alkyl halides is 3. The van der Waals surface area contributed by atoms with Crippen LogP contribution in [-0.4, -0.2) is 281 Å². The van der Waals surface area contributed by atoms with Gasteiger partial charge in [0.1, 0.15) is 59.8 Å². The number of H-pyrrole nitrogens is 1. The van der Waals surface area contributed by atoms with Crippen LogP contribution in [0.25, 0.3) is 11.2 Å². The van der Waals surface area contributed by atoms with Crippen molar-refractivity contribution in [2.45, 2.75) is 113 Å². The van der Waals surface area contributed by atoms with Gasteiger partial charge in [-0.15, -0.1) is 0 Å². The molecule has 6 fully saturated rings. The number of aromatic amines is 1. The molecule has 8 aromatic rings. The molecule has 128 heavy (non-hydrogen) atoms. The first kappa shape index (κ1) is 95.2. The zero-order valence-corrected chi connectivity index (χ0v) is 74.8. The summed E-state index contributed by atoms with van der Waals surface area (Å²) in [5.74, 6) is -1.32. The monoisotopic (exact) mass is 1910 g/mol. The lowest BCUT2D eigenvalue weighted by atomic mass is 10.0. The van der Waals surface area contributed by atoms with Crippen LogP contribution in [-0.2, 0) is 91.8 Å². The van der Waals surface area contributed by atoms with Crippen molar-refractivity contribution in [2.24, 2.45) is 0 Å². The molecule has 6 aliphatic rings. The first-order chi connectivity index (χ1) is 60.3. The third kappa shape index (κ3) is 22.0. The molecule has 13 heterocycles. The minimum absolute atomic E-state index is 0.00529. The standard InChI is InChI=1S/C70H94F3N24O25P5S/c1-38-14-41(16-42(15-38)70(71,72)73)64(100)87-20-43(116-54(25-87)96-19-40(3)63(99)86-69(96)105)31-111-123(4,106)88-21-44(117-55(26-88)92-11-8-50(74)82-65(92)101)32-112-124(5,107)89-22-45(118-56(27-89)93-12-9-51(75)83-66(93)102)33-113-125(6,108)90-23-46(119-57(28-90)94-13-10-52(76)84-67(94)103)34-114-126(7,109)91-24-47(120-58(29-91)97-37-81-59-61(78)79-36-80-62(59)97)35-115-127(110,128)122-48-17-53(121-49(48)30-98)95-18-39(2)60(77)85-68(95)104/h8-16,18-19,36-37,43-49,53-58,98H,17,20-35H2,1-7H3,(H,110,128)(H2,74,82,101)(H2,75,83,102)(H2,76,84,103)(H2,77,85,104)(H2,78,79,80)(H,86,99,105)/t43-,44-,45-,46-,47-,48?,49+,53+,54+,55+,56+,57+,58+,123-,124-,125-,126-,127?/m0/s1. The Labute approximate surface area is 728 Å². The number of halogens is 3. The number of nitrogens with two attached hydrogens (primary N) is 5. The summed E-state index contributed by atoms with van der Waals surface area (Å²) in [6, 6.07) is 6.72. The van der Waals surface area contributed by atoms with Gasteiger partial charge in [-0.25, -0.2) is 57.6 Å². The van der Waals surface area contributed by atoms with Crippen LogP contribution in [0.1, 0.15) is 76.4 Å². The second-order valence-electron chi connectivity index (χ2n) is 31.4. The van der Waals surface area contributed by atoms with E-state index in [0.29, 0.717) is 11.6 Å². The van der Waals surface area contributed by atoms with Gasteiger partial charge in [0, 0.05) is 113 Å². The summed E-state index contributed by atoms with van der Waals surface area (Å²) < 4.78 is 192. The van der Waals surface area contributed by atoms with Gasteiger partial charge >= 0.3 is 41.3 Å². The largest absolute Gasteiger partial charge is 0.416 e. The molecule has 696 valence electrons. The van der Waals surface area contributed by atoms with Crippen LogP contribution >= 0.6 is 36.8 Å². The summed E-state index contributed by atoms with van der Waals surface area (Å²) >= 11 is 5.50. The minimum atomic E-state index is -4.83. The van der Waals surface area contributed by atoms with Crippen molar-refractivity contribution in [3.8, 4) is 0 Å². The van der Waals surface area contributed by atoms with E-state index in [4.69, 9.17) is 96.0 Å². The number of fused-ring (bicyclic) bond motifs is 1. The number of ether oxygens (including phenoxy) is 6. The van der Waals surface area contributed by atoms with Crippen molar-refractivity contribution in [1.82, 2.24) is 90.9 Å². The van der Waals surface area contributed by atoms with Gasteiger partial charge in [-0.2, -0.15) is 33.1 Å². The number of nitrogens with one attached hydrogen (secondary N) is 1. The van der Waals surface area contributed by atoms with E-state index in [9.17, 15) is 56.7 Å². The predicted octanol–water partition coefficient (Wildman–Crippen LogP) is 1.35. The van der Waals surface area contributed by atoms with Crippen molar-refractivity contribution < 1.29 is 102 Å². The van der Waals surface area contributed by atoms with Gasteiger partial charge in [0.25, 0.3) is 41.5 Å². The molecule has 0 spiro atoms. The van der Waals surface area contributed by atoms with Gasteiger partial charge in [0.15, 0.2) is 36.4 Å². The van der Waals surface area contributed by atoms with Gasteiger partial charge in [-0.05, 0) is 74.5 Å². The number of hydrogen-bond acceptors (Lipinski definition) is 37. The Bertz CT molecular complexity index is 6160. The molecule has 2 unspecified atom stereocenters. The SMILES string of the molecule is Cc1cc(C(=O)N2C[C@@H](CO[P@](C)(=O)N3C[C@@H](CO[P@](C)(=O)N4C[C@@H](CO[P@](C)(=O)N5C[C@@H](CO[P@](C)(=O)N6C[C@@H](COP(O)(=S)OC7C[C@H](n8cc(C)c(N)nc8=O)O[C@@H]7CO)O[C@@H](n7cnc8c(N)ncnc87)C6)O[C@@H](n6ccc(N)nc6=O)C5)O[C@@H](n5ccc(N)nc5=O)C4)O[C@@H](n4ccc(N)nc4=O)C3)O[C@@H](n3cc(C)c(=O)[nH]c3=O)C2)cc(C(F)(F)F)c1. The fourth-order valence-corrected chi connectivity index (χ4v) is 22.8. The molecule has 6 aliphatic heterocycles. The minimum Gasteiger partial charge on any atom is -0.394 e. The van der Waals surface area contributed by atoms with Crippen LogP contribution in [0, 0.1) is 20.8 Å². The van der Waals surface area contributed by atoms with Crippen LogP contribution in [0.2, 0.25) is 0 Å². The molecule has 49 nitrogen and oxygen atoms in total. The number of carbonyl (C=O) groups is 1. The summed E-state index contributed by atoms with van der Waals surface area (Å²) in [5, 5.41) is 10.3. The van der Waals surface area contributed by atoms with Gasteiger partial charge in [-0.1, -0.05) is 0 Å². The maximum absolute atomic E-state index is 15.5. The quantitative estimate of drug-likeness (QED) is 0.0307. The van der Waals surface area contributed by atoms with Crippen LogP contribution in [0.3, 0.4) is 0 Å². The molecule has 0 aliphatic carbocycles. The maximum Gasteiger partial charge on any atom is 0.416 e. The number of aromatic nitrogens is 14. The van der Waals surface area contributed by atoms with E-state index in [2.05, 4.69) is 39.9 Å². The second-order valence-corrected chi connectivity index (χ2v) is 43.9. The molecule has 1 aromatic carbocycles. The number of anilines is 5. The number of morpholine rings is 5. The van der Waals surface area contributed by atoms with E-state index >= 15 is 18.3 Å². The van der Waals surface area contributed by atoms with Crippen LogP contribution in [0.5, 0.6) is 0 Å². The highest BCUT2D eigenvalue weighted by atomic mass is 32.5. The molecule has 0 bridgehead atoms. The zero-order chi connectivity index (χ0) is 92.2. The third-order valence-electron chi connectivity index (χ3n) is 21.8. The molecule has 58 heteroatoms. The lowest BCUT2D eigenvalue weighted by Gasteiger charge is -2.43. The zero-order valence-electron chi connectivity index (χ0n) is 69.5. The summed E-state index contributed by atoms with van der Waals surface area (Å²) in [4.78, 5) is 137. The van der Waals surface area contributed by atoms with Gasteiger partial charge in [-0.3, -0.25) is 60.2 Å². The molecule has 14 rings (SSSR count). The number of nitrogens with zero attached hydrogens (tertiary/aromatic N) is 18. The van der Waals surface area contributed by atoms with Crippen molar-refractivity contribution >= 4 is 94.8 Å². The second kappa shape index (κ2) is 38.1. The predicted molar refractivity (Wildman–Crippen MR) is 451 cm³/mol. The number of aliphatic hydroxyl groups excluding tert-OH is 1. The number of carbonyl (C=O) groups excluding carboxylic acids is 1. The van der Waals surface area contributed by atoms with E-state index in [1.54, 1.807) is 6.92 Å². The number of nitrogen functional groups attached to an aromatic ring is 5. The van der Waals surface area contributed by atoms with Crippen molar-refractivity contribution in [3.05, 3.63) is 171 Å². The number of hydrogen-bond donors (Lipinski definition) is 8. The number of aryl methyl sites for hydroxylation is 3. The first-order valence-corrected chi connectivity index (χ1v) is 50.2. The molecule has 7 aromatic heterocycles. The van der Waals surface area contributed by atoms with E-state index in [-0.39, 0.29) is 122 Å². The molecule has 18 atom stereocenters. The number of amides is 1. The van der Waals surface area contributed by atoms with E-state index in [0.717, 1.165) is 29.2 Å². The fraction of sp³-hybridized carbons (Fsp3) is 0.543. The number of imidazole rings is 1. The van der Waals surface area contributed by atoms with Crippen molar-refractivity contribution in [1.29, 1.82) is 0 Å². The highest BCUT2D eigenvalue weighted by Gasteiger charge is 2.48. The van der Waals surface area contributed by atoms with E-state index < -0.39 is 215 Å². The normalized spacial score (nSPS) is 26.8. The van der Waals surface area contributed by atoms with Crippen LogP contribution < -0.4 is 62.7 Å². The molecular formula is C70H94F3N24O25P5S. The van der Waals surface area contributed by atoms with Gasteiger partial charge < -0.3 is 99.1 Å². The molecule has 0 saturated carbocycles. The molecule has 6 saturated heterocycles. The molecule has 0 radical (unpaired) electrons. The summed E-state index contributed by atoms with van der Waals surface area (Å²) in [5.41, 5.74) is 24.2. The Morgan fingerprint density at radius 3 is 1.39 bits per heavy atom. The Balaban J connectivity index is 0.670. The average molecular weight is 1920 g/mol. The summed E-state index contributed by atoms with van der Waals surface area (Å²) in [7, 11) is -16.8. The molecule has 1 amide bonds. The number of rotatable bonds is 29. The Hall–Kier alpha value is -8.92. The summed E-state index contributed by atoms with van der Waals surface area (Å²) in [6.45, 7) is -1.54. The highest BCUT2D eigenvalue weighted by molar-refractivity contribution is 8.07. The van der Waals surface area contributed by atoms with Gasteiger partial charge in [0.2, 0.25) is 0 Å². The molecular weight excluding hydrogens is 1820 g/mol. The number of aliphatic hydroxyl groups is 1. The Morgan fingerprint density at radius 1 is 0.523 bits per heavy atom. The lowest BCUT2D eigenvalue weighted by Crippen LogP contribution is -2.52. The van der Waals surface area contributed by atoms with E-state index in [1.807, 2.05) is 0 Å². The fourth-order valence-electron chi connectivity index (χ4n) is 15.2. The average Bonchev–Trinajstić information content (AvgIpc) is 1.27. The van der Waals surface area contributed by atoms with Gasteiger partial charge in [0.05, 0.1) is 115 Å². The Kier molecular flexibility index (Phi) is 28.3. The smallest absolute Gasteiger partial charge is 0.394 e.